The largest absolute Gasteiger partial charge is 0.484 e. The molecule has 2 bridgehead atoms. The molecule has 6 heteroatoms. The number of piperidine rings is 1. The van der Waals surface area contributed by atoms with Crippen molar-refractivity contribution in [1.29, 1.82) is 0 Å². The molecule has 0 unspecified atom stereocenters. The average Bonchev–Trinajstić information content (AvgIpc) is 2.77. The van der Waals surface area contributed by atoms with Crippen molar-refractivity contribution in [2.75, 3.05) is 20.2 Å². The van der Waals surface area contributed by atoms with Gasteiger partial charge in [0, 0.05) is 28.8 Å². The number of halogens is 1. The van der Waals surface area contributed by atoms with Gasteiger partial charge in [0.15, 0.2) is 6.61 Å². The highest BCUT2D eigenvalue weighted by Crippen LogP contribution is 2.43. The van der Waals surface area contributed by atoms with Crippen LogP contribution in [0.5, 0.6) is 5.75 Å². The van der Waals surface area contributed by atoms with Gasteiger partial charge < -0.3 is 15.0 Å². The zero-order valence-corrected chi connectivity index (χ0v) is 15.8. The third kappa shape index (κ3) is 4.19. The second-order valence-corrected chi connectivity index (χ2v) is 8.35. The van der Waals surface area contributed by atoms with Gasteiger partial charge in [-0.25, -0.2) is 0 Å². The Balaban J connectivity index is 1.56. The maximum absolute atomic E-state index is 11.4. The molecule has 0 aliphatic carbocycles. The quantitative estimate of drug-likeness (QED) is 0.833. The van der Waals surface area contributed by atoms with E-state index in [0.29, 0.717) is 22.6 Å². The Bertz CT molecular complexity index is 584. The molecule has 1 N–H and O–H groups in total. The van der Waals surface area contributed by atoms with E-state index in [2.05, 4.69) is 17.3 Å². The Morgan fingerprint density at radius 2 is 2.08 bits per heavy atom. The van der Waals surface area contributed by atoms with Crippen molar-refractivity contribution >= 4 is 29.3 Å². The van der Waals surface area contributed by atoms with Crippen molar-refractivity contribution in [3.05, 3.63) is 23.2 Å². The summed E-state index contributed by atoms with van der Waals surface area (Å²) >= 11 is 8.32. The molecule has 2 saturated heterocycles. The molecule has 132 valence electrons. The molecule has 0 aromatic heterocycles. The minimum absolute atomic E-state index is 0.0228. The van der Waals surface area contributed by atoms with Gasteiger partial charge in [-0.05, 0) is 57.9 Å². The Morgan fingerprint density at radius 1 is 1.38 bits per heavy atom. The molecule has 2 heterocycles. The lowest BCUT2D eigenvalue weighted by Crippen LogP contribution is -2.40. The number of hydrogen-bond acceptors (Lipinski definition) is 4. The number of hydrogen-bond donors (Lipinski definition) is 1. The molecule has 2 fully saturated rings. The number of nitrogens with zero attached hydrogens (tertiary/aromatic N) is 1. The summed E-state index contributed by atoms with van der Waals surface area (Å²) in [6, 6.07) is 7.20. The molecule has 1 amide bonds. The van der Waals surface area contributed by atoms with Gasteiger partial charge in [-0.1, -0.05) is 11.6 Å². The molecular formula is C18H25ClN2O2S. The lowest BCUT2D eigenvalue weighted by Gasteiger charge is -2.36. The number of fused-ring (bicyclic) bond motifs is 2. The second kappa shape index (κ2) is 7.98. The molecule has 2 aliphatic rings. The summed E-state index contributed by atoms with van der Waals surface area (Å²) < 4.78 is 5.49. The summed E-state index contributed by atoms with van der Waals surface area (Å²) in [6.45, 7) is 2.52. The van der Waals surface area contributed by atoms with Crippen molar-refractivity contribution in [2.24, 2.45) is 0 Å². The number of thioether (sulfide) groups is 1. The maximum atomic E-state index is 11.4. The van der Waals surface area contributed by atoms with Gasteiger partial charge >= 0.3 is 0 Å². The summed E-state index contributed by atoms with van der Waals surface area (Å²) in [5.74, 6) is 0.521. The van der Waals surface area contributed by atoms with E-state index in [1.54, 1.807) is 0 Å². The van der Waals surface area contributed by atoms with Crippen molar-refractivity contribution in [3.8, 4) is 5.75 Å². The number of likely N-dealkylation sites (N-methyl/N-ethyl adjacent to an activating group) is 1. The summed E-state index contributed by atoms with van der Waals surface area (Å²) in [4.78, 5) is 15.1. The van der Waals surface area contributed by atoms with Gasteiger partial charge in [0.05, 0.1) is 5.02 Å². The maximum Gasteiger partial charge on any atom is 0.257 e. The summed E-state index contributed by atoms with van der Waals surface area (Å²) in [6.07, 6.45) is 5.14. The van der Waals surface area contributed by atoms with Crippen LogP contribution in [-0.4, -0.2) is 48.3 Å². The molecule has 1 aromatic carbocycles. The first-order chi connectivity index (χ1) is 11.6. The molecule has 0 spiro atoms. The molecule has 24 heavy (non-hydrogen) atoms. The number of ether oxygens (including phenoxy) is 1. The van der Waals surface area contributed by atoms with Crippen LogP contribution >= 0.6 is 23.4 Å². The first-order valence-electron chi connectivity index (χ1n) is 8.64. The smallest absolute Gasteiger partial charge is 0.257 e. The SMILES string of the molecule is CCNC(=O)COc1ccc(S[C@@H]2C[C@H]3CC[C@@H](C2)N3C)c(Cl)c1. The minimum atomic E-state index is -0.117. The minimum Gasteiger partial charge on any atom is -0.484 e. The van der Waals surface area contributed by atoms with Gasteiger partial charge in [0.25, 0.3) is 5.91 Å². The highest BCUT2D eigenvalue weighted by Gasteiger charge is 2.38. The number of nitrogens with one attached hydrogen (secondary N) is 1. The van der Waals surface area contributed by atoms with E-state index in [4.69, 9.17) is 16.3 Å². The van der Waals surface area contributed by atoms with Crippen LogP contribution in [0.25, 0.3) is 0 Å². The van der Waals surface area contributed by atoms with Crippen LogP contribution in [0.15, 0.2) is 23.1 Å². The average molecular weight is 369 g/mol. The topological polar surface area (TPSA) is 41.6 Å². The molecule has 3 rings (SSSR count). The third-order valence-corrected chi connectivity index (χ3v) is 6.75. The zero-order chi connectivity index (χ0) is 17.1. The monoisotopic (exact) mass is 368 g/mol. The molecule has 3 atom stereocenters. The lowest BCUT2D eigenvalue weighted by atomic mass is 10.0. The fourth-order valence-electron chi connectivity index (χ4n) is 3.70. The number of carbonyl (C=O) groups is 1. The molecular weight excluding hydrogens is 344 g/mol. The van der Waals surface area contributed by atoms with Crippen LogP contribution < -0.4 is 10.1 Å². The van der Waals surface area contributed by atoms with E-state index in [9.17, 15) is 4.79 Å². The van der Waals surface area contributed by atoms with Gasteiger partial charge in [-0.2, -0.15) is 0 Å². The van der Waals surface area contributed by atoms with Gasteiger partial charge in [0.2, 0.25) is 0 Å². The van der Waals surface area contributed by atoms with Crippen LogP contribution in [0.3, 0.4) is 0 Å². The van der Waals surface area contributed by atoms with Crippen molar-refractivity contribution in [1.82, 2.24) is 10.2 Å². The highest BCUT2D eigenvalue weighted by molar-refractivity contribution is 8.00. The number of carbonyl (C=O) groups excluding carboxylic acids is 1. The number of benzene rings is 1. The van der Waals surface area contributed by atoms with Crippen LogP contribution in [0.4, 0.5) is 0 Å². The van der Waals surface area contributed by atoms with Crippen LogP contribution in [0.1, 0.15) is 32.6 Å². The Morgan fingerprint density at radius 3 is 2.71 bits per heavy atom. The first-order valence-corrected chi connectivity index (χ1v) is 9.90. The van der Waals surface area contributed by atoms with E-state index >= 15 is 0 Å². The van der Waals surface area contributed by atoms with Gasteiger partial charge in [0.1, 0.15) is 5.75 Å². The molecule has 0 saturated carbocycles. The van der Waals surface area contributed by atoms with E-state index in [0.717, 1.165) is 17.0 Å². The van der Waals surface area contributed by atoms with E-state index in [-0.39, 0.29) is 12.5 Å². The van der Waals surface area contributed by atoms with Gasteiger partial charge in [-0.3, -0.25) is 4.79 Å². The third-order valence-electron chi connectivity index (χ3n) is 5.00. The Labute approximate surface area is 153 Å². The Hall–Kier alpha value is -0.910. The van der Waals surface area contributed by atoms with E-state index in [1.807, 2.05) is 36.9 Å². The standard InChI is InChI=1S/C18H25ClN2O2S/c1-3-20-18(22)11-23-14-6-7-17(16(19)10-14)24-15-8-12-4-5-13(9-15)21(12)2/h6-7,10,12-13,15H,3-5,8-9,11H2,1-2H3,(H,20,22)/t12-,13+,15-. The normalized spacial score (nSPS) is 26.4. The summed E-state index contributed by atoms with van der Waals surface area (Å²) in [5.41, 5.74) is 0. The molecule has 1 aromatic rings. The predicted octanol–water partition coefficient (Wildman–Crippen LogP) is 3.57. The molecule has 4 nitrogen and oxygen atoms in total. The van der Waals surface area contributed by atoms with E-state index < -0.39 is 0 Å². The second-order valence-electron chi connectivity index (χ2n) is 6.60. The summed E-state index contributed by atoms with van der Waals surface area (Å²) in [5, 5.41) is 4.05. The van der Waals surface area contributed by atoms with Crippen LogP contribution in [0.2, 0.25) is 5.02 Å². The Kier molecular flexibility index (Phi) is 5.95. The van der Waals surface area contributed by atoms with E-state index in [1.165, 1.54) is 25.7 Å². The lowest BCUT2D eigenvalue weighted by molar-refractivity contribution is -0.122. The van der Waals surface area contributed by atoms with Crippen LogP contribution in [-0.2, 0) is 4.79 Å². The molecule has 0 radical (unpaired) electrons. The highest BCUT2D eigenvalue weighted by atomic mass is 35.5. The first kappa shape index (κ1) is 17.9. The predicted molar refractivity (Wildman–Crippen MR) is 99.1 cm³/mol. The van der Waals surface area contributed by atoms with Crippen LogP contribution in [0, 0.1) is 0 Å². The number of amides is 1. The summed E-state index contributed by atoms with van der Waals surface area (Å²) in [7, 11) is 2.26. The number of rotatable bonds is 6. The van der Waals surface area contributed by atoms with Gasteiger partial charge in [-0.15, -0.1) is 11.8 Å². The molecule has 2 aliphatic heterocycles. The van der Waals surface area contributed by atoms with Crippen molar-refractivity contribution in [3.63, 3.8) is 0 Å². The van der Waals surface area contributed by atoms with Crippen molar-refractivity contribution < 1.29 is 9.53 Å². The van der Waals surface area contributed by atoms with Crippen molar-refractivity contribution in [2.45, 2.75) is 54.8 Å². The fraction of sp³-hybridized carbons (Fsp3) is 0.611. The zero-order valence-electron chi connectivity index (χ0n) is 14.3. The fourth-order valence-corrected chi connectivity index (χ4v) is 5.32.